The van der Waals surface area contributed by atoms with Gasteiger partial charge in [0.25, 0.3) is 0 Å². The summed E-state index contributed by atoms with van der Waals surface area (Å²) in [7, 11) is 0. The van der Waals surface area contributed by atoms with Gasteiger partial charge in [-0.15, -0.1) is 11.6 Å². The molecule has 0 atom stereocenters. The maximum atomic E-state index is 5.73. The first kappa shape index (κ1) is 12.3. The van der Waals surface area contributed by atoms with Crippen molar-refractivity contribution in [1.82, 2.24) is 4.98 Å². The number of alkyl halides is 1. The molecule has 0 saturated carbocycles. The highest BCUT2D eigenvalue weighted by Gasteiger charge is 2.10. The molecule has 0 fully saturated rings. The van der Waals surface area contributed by atoms with E-state index < -0.39 is 0 Å². The van der Waals surface area contributed by atoms with E-state index in [0.717, 1.165) is 24.3 Å². The van der Waals surface area contributed by atoms with Crippen LogP contribution in [0.25, 0.3) is 0 Å². The number of hydrogen-bond acceptors (Lipinski definition) is 2. The molecule has 0 bridgehead atoms. The van der Waals surface area contributed by atoms with Gasteiger partial charge in [0.15, 0.2) is 0 Å². The average molecular weight is 227 g/mol. The van der Waals surface area contributed by atoms with E-state index in [0.29, 0.717) is 11.9 Å². The molecular formula is C12H19ClN2. The van der Waals surface area contributed by atoms with Crippen molar-refractivity contribution in [3.05, 3.63) is 23.9 Å². The molecule has 84 valence electrons. The van der Waals surface area contributed by atoms with E-state index >= 15 is 0 Å². The van der Waals surface area contributed by atoms with Crippen molar-refractivity contribution in [3.63, 3.8) is 0 Å². The second-order valence-electron chi connectivity index (χ2n) is 3.95. The summed E-state index contributed by atoms with van der Waals surface area (Å²) in [6.07, 6.45) is 2.99. The van der Waals surface area contributed by atoms with Gasteiger partial charge >= 0.3 is 0 Å². The third-order valence-electron chi connectivity index (χ3n) is 2.35. The fourth-order valence-electron chi connectivity index (χ4n) is 1.54. The van der Waals surface area contributed by atoms with E-state index in [1.807, 2.05) is 18.3 Å². The summed E-state index contributed by atoms with van der Waals surface area (Å²) < 4.78 is 0. The van der Waals surface area contributed by atoms with Gasteiger partial charge in [-0.25, -0.2) is 4.98 Å². The Bertz CT molecular complexity index is 282. The molecule has 0 aromatic carbocycles. The first-order valence-electron chi connectivity index (χ1n) is 5.46. The lowest BCUT2D eigenvalue weighted by molar-refractivity contribution is 0.662. The lowest BCUT2D eigenvalue weighted by Crippen LogP contribution is -2.32. The predicted octanol–water partition coefficient (Wildman–Crippen LogP) is 3.45. The number of anilines is 1. The summed E-state index contributed by atoms with van der Waals surface area (Å²) in [6.45, 7) is 7.60. The molecule has 0 saturated heterocycles. The zero-order chi connectivity index (χ0) is 11.3. The molecular weight excluding hydrogens is 208 g/mol. The van der Waals surface area contributed by atoms with Crippen LogP contribution < -0.4 is 4.90 Å². The number of aromatic nitrogens is 1. The molecule has 1 heterocycles. The Morgan fingerprint density at radius 3 is 2.53 bits per heavy atom. The van der Waals surface area contributed by atoms with Crippen LogP contribution in [0.5, 0.6) is 0 Å². The molecule has 0 radical (unpaired) electrons. The summed E-state index contributed by atoms with van der Waals surface area (Å²) in [5.74, 6) is 1.57. The SMILES string of the molecule is CCCN(c1ccc(CCl)cn1)C(C)C. The fourth-order valence-corrected chi connectivity index (χ4v) is 1.70. The van der Waals surface area contributed by atoms with Crippen LogP contribution in [0.4, 0.5) is 5.82 Å². The Labute approximate surface area is 97.3 Å². The van der Waals surface area contributed by atoms with Crippen molar-refractivity contribution in [2.45, 2.75) is 39.1 Å². The van der Waals surface area contributed by atoms with E-state index in [1.165, 1.54) is 0 Å². The number of hydrogen-bond donors (Lipinski definition) is 0. The maximum absolute atomic E-state index is 5.73. The Balaban J connectivity index is 2.81. The molecule has 0 N–H and O–H groups in total. The molecule has 3 heteroatoms. The summed E-state index contributed by atoms with van der Waals surface area (Å²) in [5.41, 5.74) is 1.07. The maximum Gasteiger partial charge on any atom is 0.128 e. The highest BCUT2D eigenvalue weighted by Crippen LogP contribution is 2.15. The molecule has 0 aliphatic carbocycles. The Hall–Kier alpha value is -0.760. The summed E-state index contributed by atoms with van der Waals surface area (Å²) in [6, 6.07) is 4.58. The van der Waals surface area contributed by atoms with Crippen molar-refractivity contribution >= 4 is 17.4 Å². The minimum absolute atomic E-state index is 0.485. The number of nitrogens with zero attached hydrogens (tertiary/aromatic N) is 2. The van der Waals surface area contributed by atoms with Crippen LogP contribution in [0.2, 0.25) is 0 Å². The molecule has 0 unspecified atom stereocenters. The molecule has 15 heavy (non-hydrogen) atoms. The molecule has 2 nitrogen and oxygen atoms in total. The summed E-state index contributed by atoms with van der Waals surface area (Å²) in [4.78, 5) is 6.73. The zero-order valence-electron chi connectivity index (χ0n) is 9.70. The lowest BCUT2D eigenvalue weighted by Gasteiger charge is -2.27. The van der Waals surface area contributed by atoms with Gasteiger partial charge < -0.3 is 4.90 Å². The first-order chi connectivity index (χ1) is 7.19. The smallest absolute Gasteiger partial charge is 0.128 e. The highest BCUT2D eigenvalue weighted by molar-refractivity contribution is 6.17. The van der Waals surface area contributed by atoms with E-state index in [9.17, 15) is 0 Å². The Kier molecular flexibility index (Phi) is 4.89. The highest BCUT2D eigenvalue weighted by atomic mass is 35.5. The van der Waals surface area contributed by atoms with Crippen LogP contribution in [-0.4, -0.2) is 17.6 Å². The van der Waals surface area contributed by atoms with Crippen LogP contribution in [0, 0.1) is 0 Å². The minimum Gasteiger partial charge on any atom is -0.354 e. The molecule has 1 aromatic rings. The third kappa shape index (κ3) is 3.38. The van der Waals surface area contributed by atoms with Crippen LogP contribution in [0.1, 0.15) is 32.8 Å². The number of rotatable bonds is 5. The summed E-state index contributed by atoms with van der Waals surface area (Å²) >= 11 is 5.73. The van der Waals surface area contributed by atoms with E-state index in [4.69, 9.17) is 11.6 Å². The van der Waals surface area contributed by atoms with Crippen molar-refractivity contribution in [2.75, 3.05) is 11.4 Å². The van der Waals surface area contributed by atoms with E-state index in [2.05, 4.69) is 30.7 Å². The predicted molar refractivity (Wildman–Crippen MR) is 66.6 cm³/mol. The monoisotopic (exact) mass is 226 g/mol. The van der Waals surface area contributed by atoms with Crippen molar-refractivity contribution in [3.8, 4) is 0 Å². The van der Waals surface area contributed by atoms with Gasteiger partial charge in [-0.3, -0.25) is 0 Å². The molecule has 1 aromatic heterocycles. The second-order valence-corrected chi connectivity index (χ2v) is 4.21. The standard InChI is InChI=1S/C12H19ClN2/c1-4-7-15(10(2)3)12-6-5-11(8-13)9-14-12/h5-6,9-10H,4,7-8H2,1-3H3. The number of halogens is 1. The van der Waals surface area contributed by atoms with Crippen molar-refractivity contribution < 1.29 is 0 Å². The lowest BCUT2D eigenvalue weighted by atomic mass is 10.2. The van der Waals surface area contributed by atoms with Crippen molar-refractivity contribution in [1.29, 1.82) is 0 Å². The largest absolute Gasteiger partial charge is 0.354 e. The molecule has 0 aliphatic rings. The van der Waals surface area contributed by atoms with Gasteiger partial charge in [0.1, 0.15) is 5.82 Å². The van der Waals surface area contributed by atoms with Crippen LogP contribution in [0.15, 0.2) is 18.3 Å². The van der Waals surface area contributed by atoms with Gasteiger partial charge in [-0.05, 0) is 31.9 Å². The zero-order valence-corrected chi connectivity index (χ0v) is 10.5. The topological polar surface area (TPSA) is 16.1 Å². The molecule has 1 rings (SSSR count). The van der Waals surface area contributed by atoms with E-state index in [-0.39, 0.29) is 0 Å². The van der Waals surface area contributed by atoms with Gasteiger partial charge in [0.2, 0.25) is 0 Å². The van der Waals surface area contributed by atoms with Crippen molar-refractivity contribution in [2.24, 2.45) is 0 Å². The van der Waals surface area contributed by atoms with Gasteiger partial charge in [-0.1, -0.05) is 13.0 Å². The van der Waals surface area contributed by atoms with Crippen LogP contribution in [0.3, 0.4) is 0 Å². The van der Waals surface area contributed by atoms with Gasteiger partial charge in [0, 0.05) is 24.7 Å². The quantitative estimate of drug-likeness (QED) is 0.715. The summed E-state index contributed by atoms with van der Waals surface area (Å²) in [5, 5.41) is 0. The molecule has 0 amide bonds. The molecule has 0 spiro atoms. The Morgan fingerprint density at radius 2 is 2.13 bits per heavy atom. The van der Waals surface area contributed by atoms with Crippen LogP contribution >= 0.6 is 11.6 Å². The van der Waals surface area contributed by atoms with Gasteiger partial charge in [0.05, 0.1) is 0 Å². The first-order valence-corrected chi connectivity index (χ1v) is 6.00. The van der Waals surface area contributed by atoms with E-state index in [1.54, 1.807) is 0 Å². The molecule has 0 aliphatic heterocycles. The normalized spacial score (nSPS) is 10.7. The third-order valence-corrected chi connectivity index (χ3v) is 2.65. The number of pyridine rings is 1. The fraction of sp³-hybridized carbons (Fsp3) is 0.583. The minimum atomic E-state index is 0.485. The Morgan fingerprint density at radius 1 is 1.40 bits per heavy atom. The average Bonchev–Trinajstić information content (AvgIpc) is 2.26. The van der Waals surface area contributed by atoms with Gasteiger partial charge in [-0.2, -0.15) is 0 Å². The van der Waals surface area contributed by atoms with Crippen LogP contribution in [-0.2, 0) is 5.88 Å². The second kappa shape index (κ2) is 5.96.